The Kier molecular flexibility index (Phi) is 2.92. The zero-order chi connectivity index (χ0) is 8.27. The van der Waals surface area contributed by atoms with Gasteiger partial charge in [0.1, 0.15) is 0 Å². The molecule has 1 rings (SSSR count). The minimum Gasteiger partial charge on any atom is -0.364 e. The van der Waals surface area contributed by atoms with Crippen LogP contribution in [-0.2, 0) is 0 Å². The molecule has 0 unspecified atom stereocenters. The number of nitrogens with one attached hydrogen (secondary N) is 1. The molecule has 2 heteroatoms. The molecule has 1 saturated carbocycles. The summed E-state index contributed by atoms with van der Waals surface area (Å²) in [5.74, 6) is 1.42. The summed E-state index contributed by atoms with van der Waals surface area (Å²) in [7, 11) is 2.01. The van der Waals surface area contributed by atoms with Gasteiger partial charge < -0.3 is 4.90 Å². The second-order valence-electron chi connectivity index (χ2n) is 3.38. The van der Waals surface area contributed by atoms with Gasteiger partial charge in [0, 0.05) is 19.5 Å². The Morgan fingerprint density at radius 2 is 2.00 bits per heavy atom. The lowest BCUT2D eigenvalue weighted by atomic mass is 10.1. The lowest BCUT2D eigenvalue weighted by Gasteiger charge is -2.22. The first-order valence-corrected chi connectivity index (χ1v) is 4.55. The van der Waals surface area contributed by atoms with Crippen molar-refractivity contribution in [2.24, 2.45) is 5.92 Å². The first-order valence-electron chi connectivity index (χ1n) is 4.55. The maximum atomic E-state index is 7.82. The van der Waals surface area contributed by atoms with Gasteiger partial charge in [-0.3, -0.25) is 5.41 Å². The van der Waals surface area contributed by atoms with Crippen molar-refractivity contribution in [1.29, 1.82) is 5.41 Å². The van der Waals surface area contributed by atoms with Crippen molar-refractivity contribution in [3.63, 3.8) is 0 Å². The van der Waals surface area contributed by atoms with Gasteiger partial charge in [-0.2, -0.15) is 0 Å². The summed E-state index contributed by atoms with van der Waals surface area (Å²) in [6.45, 7) is 3.07. The lowest BCUT2D eigenvalue weighted by Crippen LogP contribution is -2.30. The average Bonchev–Trinajstić information content (AvgIpc) is 2.53. The molecule has 0 heterocycles. The fraction of sp³-hybridized carbons (Fsp3) is 0.889. The molecule has 0 spiro atoms. The Hall–Kier alpha value is -0.530. The standard InChI is InChI=1S/C9H18N2/c1-3-11(2)9(10)8-6-4-5-7-8/h8,10H,3-7H2,1-2H3. The quantitative estimate of drug-likeness (QED) is 0.478. The number of hydrogen-bond acceptors (Lipinski definition) is 1. The molecule has 1 aliphatic carbocycles. The molecule has 1 fully saturated rings. The molecular formula is C9H18N2. The van der Waals surface area contributed by atoms with Crippen LogP contribution >= 0.6 is 0 Å². The van der Waals surface area contributed by atoms with Crippen molar-refractivity contribution in [2.75, 3.05) is 13.6 Å². The van der Waals surface area contributed by atoms with Gasteiger partial charge in [-0.1, -0.05) is 12.8 Å². The lowest BCUT2D eigenvalue weighted by molar-refractivity contribution is 0.483. The zero-order valence-electron chi connectivity index (χ0n) is 7.56. The van der Waals surface area contributed by atoms with Gasteiger partial charge >= 0.3 is 0 Å². The van der Waals surface area contributed by atoms with Crippen LogP contribution in [-0.4, -0.2) is 24.3 Å². The van der Waals surface area contributed by atoms with Crippen LogP contribution in [0.1, 0.15) is 32.6 Å². The van der Waals surface area contributed by atoms with E-state index < -0.39 is 0 Å². The van der Waals surface area contributed by atoms with Crippen LogP contribution in [0.4, 0.5) is 0 Å². The molecule has 64 valence electrons. The highest BCUT2D eigenvalue weighted by atomic mass is 15.1. The molecule has 0 atom stereocenters. The van der Waals surface area contributed by atoms with Crippen LogP contribution in [0.15, 0.2) is 0 Å². The maximum Gasteiger partial charge on any atom is 0.0986 e. The van der Waals surface area contributed by atoms with E-state index in [0.717, 1.165) is 12.4 Å². The van der Waals surface area contributed by atoms with E-state index in [0.29, 0.717) is 5.92 Å². The summed E-state index contributed by atoms with van der Waals surface area (Å²) in [6.07, 6.45) is 5.13. The van der Waals surface area contributed by atoms with E-state index >= 15 is 0 Å². The Morgan fingerprint density at radius 1 is 1.45 bits per heavy atom. The topological polar surface area (TPSA) is 27.1 Å². The summed E-state index contributed by atoms with van der Waals surface area (Å²) in [5.41, 5.74) is 0. The molecule has 0 aromatic rings. The Labute approximate surface area is 69.1 Å². The van der Waals surface area contributed by atoms with Gasteiger partial charge in [-0.25, -0.2) is 0 Å². The smallest absolute Gasteiger partial charge is 0.0986 e. The number of amidine groups is 1. The van der Waals surface area contributed by atoms with Crippen LogP contribution in [0.2, 0.25) is 0 Å². The first-order chi connectivity index (χ1) is 5.25. The van der Waals surface area contributed by atoms with E-state index in [9.17, 15) is 0 Å². The van der Waals surface area contributed by atoms with Crippen LogP contribution in [0.25, 0.3) is 0 Å². The second kappa shape index (κ2) is 3.74. The van der Waals surface area contributed by atoms with Gasteiger partial charge in [0.2, 0.25) is 0 Å². The molecular weight excluding hydrogens is 136 g/mol. The van der Waals surface area contributed by atoms with Gasteiger partial charge in [0.25, 0.3) is 0 Å². The van der Waals surface area contributed by atoms with Crippen molar-refractivity contribution in [1.82, 2.24) is 4.90 Å². The third-order valence-electron chi connectivity index (χ3n) is 2.63. The third kappa shape index (κ3) is 1.95. The molecule has 0 amide bonds. The Morgan fingerprint density at radius 3 is 2.45 bits per heavy atom. The largest absolute Gasteiger partial charge is 0.364 e. The fourth-order valence-corrected chi connectivity index (χ4v) is 1.68. The molecule has 11 heavy (non-hydrogen) atoms. The minimum atomic E-state index is 0.569. The van der Waals surface area contributed by atoms with Crippen molar-refractivity contribution in [3.8, 4) is 0 Å². The third-order valence-corrected chi connectivity index (χ3v) is 2.63. The summed E-state index contributed by atoms with van der Waals surface area (Å²) < 4.78 is 0. The van der Waals surface area contributed by atoms with Gasteiger partial charge in [0.15, 0.2) is 0 Å². The van der Waals surface area contributed by atoms with E-state index in [1.54, 1.807) is 0 Å². The number of hydrogen-bond donors (Lipinski definition) is 1. The highest BCUT2D eigenvalue weighted by molar-refractivity contribution is 5.81. The van der Waals surface area contributed by atoms with Crippen LogP contribution in [0, 0.1) is 11.3 Å². The number of rotatable bonds is 2. The summed E-state index contributed by atoms with van der Waals surface area (Å²) >= 11 is 0. The molecule has 2 nitrogen and oxygen atoms in total. The van der Waals surface area contributed by atoms with Gasteiger partial charge in [0.05, 0.1) is 5.84 Å². The van der Waals surface area contributed by atoms with Gasteiger partial charge in [-0.15, -0.1) is 0 Å². The van der Waals surface area contributed by atoms with E-state index in [2.05, 4.69) is 11.8 Å². The molecule has 0 saturated heterocycles. The first kappa shape index (κ1) is 8.57. The van der Waals surface area contributed by atoms with E-state index in [1.165, 1.54) is 25.7 Å². The van der Waals surface area contributed by atoms with Crippen molar-refractivity contribution in [3.05, 3.63) is 0 Å². The van der Waals surface area contributed by atoms with Crippen molar-refractivity contribution in [2.45, 2.75) is 32.6 Å². The van der Waals surface area contributed by atoms with E-state index in [4.69, 9.17) is 5.41 Å². The molecule has 0 bridgehead atoms. The highest BCUT2D eigenvalue weighted by Gasteiger charge is 2.21. The van der Waals surface area contributed by atoms with Gasteiger partial charge in [-0.05, 0) is 19.8 Å². The van der Waals surface area contributed by atoms with E-state index in [-0.39, 0.29) is 0 Å². The van der Waals surface area contributed by atoms with Crippen molar-refractivity contribution >= 4 is 5.84 Å². The SMILES string of the molecule is CCN(C)C(=N)C1CCCC1. The fourth-order valence-electron chi connectivity index (χ4n) is 1.68. The monoisotopic (exact) mass is 154 g/mol. The second-order valence-corrected chi connectivity index (χ2v) is 3.38. The summed E-state index contributed by atoms with van der Waals surface area (Å²) in [5, 5.41) is 7.82. The predicted molar refractivity (Wildman–Crippen MR) is 48.0 cm³/mol. The normalized spacial score (nSPS) is 18.7. The molecule has 0 radical (unpaired) electrons. The minimum absolute atomic E-state index is 0.569. The van der Waals surface area contributed by atoms with Crippen LogP contribution < -0.4 is 0 Å². The van der Waals surface area contributed by atoms with Crippen LogP contribution in [0.3, 0.4) is 0 Å². The average molecular weight is 154 g/mol. The van der Waals surface area contributed by atoms with Crippen molar-refractivity contribution < 1.29 is 0 Å². The van der Waals surface area contributed by atoms with E-state index in [1.807, 2.05) is 7.05 Å². The molecule has 0 aromatic carbocycles. The zero-order valence-corrected chi connectivity index (χ0v) is 7.56. The number of nitrogens with zero attached hydrogens (tertiary/aromatic N) is 1. The molecule has 0 aliphatic heterocycles. The Balaban J connectivity index is 2.39. The maximum absolute atomic E-state index is 7.82. The highest BCUT2D eigenvalue weighted by Crippen LogP contribution is 2.26. The molecule has 1 N–H and O–H groups in total. The molecule has 0 aromatic heterocycles. The summed E-state index contributed by atoms with van der Waals surface area (Å²) in [4.78, 5) is 2.05. The summed E-state index contributed by atoms with van der Waals surface area (Å²) in [6, 6.07) is 0. The predicted octanol–water partition coefficient (Wildman–Crippen LogP) is 2.11. The Bertz CT molecular complexity index is 136. The van der Waals surface area contributed by atoms with Crippen LogP contribution in [0.5, 0.6) is 0 Å². The molecule has 1 aliphatic rings.